The van der Waals surface area contributed by atoms with Gasteiger partial charge in [0.25, 0.3) is 0 Å². The molecule has 0 unspecified atom stereocenters. The summed E-state index contributed by atoms with van der Waals surface area (Å²) >= 11 is 0. The van der Waals surface area contributed by atoms with Crippen LogP contribution >= 0.6 is 0 Å². The molecule has 0 saturated carbocycles. The van der Waals surface area contributed by atoms with Crippen molar-refractivity contribution in [1.29, 1.82) is 0 Å². The molecule has 20 heavy (non-hydrogen) atoms. The minimum Gasteiger partial charge on any atom is -0.424 e. The molecule has 108 valence electrons. The third-order valence-corrected chi connectivity index (χ3v) is 3.22. The molecule has 2 N–H and O–H groups in total. The number of hydrogen-bond donors (Lipinski definition) is 1. The maximum Gasteiger partial charge on any atom is 0.322 e. The SMILES string of the molecule is CCn1c(Oc2ccc(C(C)C)cc2)nnc1[C@@H](C)N. The maximum atomic E-state index is 5.87. The van der Waals surface area contributed by atoms with Gasteiger partial charge in [0.05, 0.1) is 6.04 Å². The highest BCUT2D eigenvalue weighted by Crippen LogP contribution is 2.24. The average molecular weight is 274 g/mol. The Morgan fingerprint density at radius 2 is 1.80 bits per heavy atom. The normalized spacial score (nSPS) is 12.7. The highest BCUT2D eigenvalue weighted by Gasteiger charge is 2.15. The third kappa shape index (κ3) is 2.99. The van der Waals surface area contributed by atoms with Crippen LogP contribution in [-0.2, 0) is 6.54 Å². The van der Waals surface area contributed by atoms with Gasteiger partial charge in [-0.15, -0.1) is 5.10 Å². The first kappa shape index (κ1) is 14.5. The summed E-state index contributed by atoms with van der Waals surface area (Å²) in [7, 11) is 0. The highest BCUT2D eigenvalue weighted by molar-refractivity contribution is 5.30. The molecule has 0 fully saturated rings. The van der Waals surface area contributed by atoms with Gasteiger partial charge in [-0.05, 0) is 37.5 Å². The van der Waals surface area contributed by atoms with Crippen molar-refractivity contribution in [2.75, 3.05) is 0 Å². The van der Waals surface area contributed by atoms with Gasteiger partial charge in [0.15, 0.2) is 5.82 Å². The van der Waals surface area contributed by atoms with Crippen molar-refractivity contribution in [3.8, 4) is 11.8 Å². The van der Waals surface area contributed by atoms with E-state index in [2.05, 4.69) is 36.2 Å². The first-order valence-electron chi connectivity index (χ1n) is 6.99. The van der Waals surface area contributed by atoms with Crippen molar-refractivity contribution in [1.82, 2.24) is 14.8 Å². The van der Waals surface area contributed by atoms with Gasteiger partial charge in [-0.2, -0.15) is 0 Å². The standard InChI is InChI=1S/C15H22N4O/c1-5-19-14(11(4)16)17-18-15(19)20-13-8-6-12(7-9-13)10(2)3/h6-11H,5,16H2,1-4H3/t11-/m1/s1. The Morgan fingerprint density at radius 3 is 2.30 bits per heavy atom. The quantitative estimate of drug-likeness (QED) is 0.909. The van der Waals surface area contributed by atoms with E-state index in [4.69, 9.17) is 10.5 Å². The summed E-state index contributed by atoms with van der Waals surface area (Å²) in [5, 5.41) is 8.16. The first-order valence-corrected chi connectivity index (χ1v) is 6.99. The van der Waals surface area contributed by atoms with E-state index in [1.165, 1.54) is 5.56 Å². The van der Waals surface area contributed by atoms with E-state index >= 15 is 0 Å². The highest BCUT2D eigenvalue weighted by atomic mass is 16.5. The van der Waals surface area contributed by atoms with Crippen LogP contribution in [0.5, 0.6) is 11.8 Å². The average Bonchev–Trinajstić information content (AvgIpc) is 2.82. The monoisotopic (exact) mass is 274 g/mol. The Hall–Kier alpha value is -1.88. The zero-order valence-electron chi connectivity index (χ0n) is 12.5. The molecule has 0 bridgehead atoms. The maximum absolute atomic E-state index is 5.87. The van der Waals surface area contributed by atoms with E-state index in [-0.39, 0.29) is 6.04 Å². The van der Waals surface area contributed by atoms with E-state index in [0.29, 0.717) is 11.9 Å². The fraction of sp³-hybridized carbons (Fsp3) is 0.467. The molecule has 0 radical (unpaired) electrons. The molecule has 2 aromatic rings. The molecular weight excluding hydrogens is 252 g/mol. The van der Waals surface area contributed by atoms with E-state index in [0.717, 1.165) is 18.1 Å². The molecule has 5 nitrogen and oxygen atoms in total. The van der Waals surface area contributed by atoms with Gasteiger partial charge in [-0.1, -0.05) is 31.1 Å². The molecule has 0 amide bonds. The smallest absolute Gasteiger partial charge is 0.322 e. The molecule has 0 spiro atoms. The molecular formula is C15H22N4O. The van der Waals surface area contributed by atoms with Gasteiger partial charge < -0.3 is 10.5 Å². The van der Waals surface area contributed by atoms with Gasteiger partial charge >= 0.3 is 6.01 Å². The third-order valence-electron chi connectivity index (χ3n) is 3.22. The summed E-state index contributed by atoms with van der Waals surface area (Å²) in [6.07, 6.45) is 0. The van der Waals surface area contributed by atoms with Crippen molar-refractivity contribution in [3.05, 3.63) is 35.7 Å². The van der Waals surface area contributed by atoms with Crippen molar-refractivity contribution in [2.45, 2.75) is 46.2 Å². The van der Waals surface area contributed by atoms with Crippen LogP contribution in [0.1, 0.15) is 51.0 Å². The summed E-state index contributed by atoms with van der Waals surface area (Å²) in [5.41, 5.74) is 7.15. The summed E-state index contributed by atoms with van der Waals surface area (Å²) in [6, 6.07) is 8.36. The van der Waals surface area contributed by atoms with Gasteiger partial charge in [0, 0.05) is 6.54 Å². The van der Waals surface area contributed by atoms with Gasteiger partial charge in [-0.25, -0.2) is 0 Å². The number of nitrogens with two attached hydrogens (primary N) is 1. The van der Waals surface area contributed by atoms with Crippen LogP contribution < -0.4 is 10.5 Å². The number of benzene rings is 1. The van der Waals surface area contributed by atoms with Gasteiger partial charge in [0.2, 0.25) is 0 Å². The molecule has 1 heterocycles. The Morgan fingerprint density at radius 1 is 1.15 bits per heavy atom. The van der Waals surface area contributed by atoms with Crippen LogP contribution in [0.15, 0.2) is 24.3 Å². The van der Waals surface area contributed by atoms with Crippen LogP contribution in [-0.4, -0.2) is 14.8 Å². The topological polar surface area (TPSA) is 66.0 Å². The fourth-order valence-corrected chi connectivity index (χ4v) is 2.04. The second kappa shape index (κ2) is 6.05. The fourth-order valence-electron chi connectivity index (χ4n) is 2.04. The van der Waals surface area contributed by atoms with Crippen LogP contribution in [0.3, 0.4) is 0 Å². The van der Waals surface area contributed by atoms with Crippen LogP contribution in [0.4, 0.5) is 0 Å². The molecule has 1 aromatic heterocycles. The van der Waals surface area contributed by atoms with Gasteiger partial charge in [-0.3, -0.25) is 4.57 Å². The van der Waals surface area contributed by atoms with Crippen LogP contribution in [0.2, 0.25) is 0 Å². The number of nitrogens with zero attached hydrogens (tertiary/aromatic N) is 3. The molecule has 0 aliphatic heterocycles. The van der Waals surface area contributed by atoms with Gasteiger partial charge in [0.1, 0.15) is 5.75 Å². The lowest BCUT2D eigenvalue weighted by atomic mass is 10.0. The predicted octanol–water partition coefficient (Wildman–Crippen LogP) is 3.23. The molecule has 1 atom stereocenters. The second-order valence-corrected chi connectivity index (χ2v) is 5.20. The van der Waals surface area contributed by atoms with Crippen LogP contribution in [0.25, 0.3) is 0 Å². The minimum absolute atomic E-state index is 0.164. The lowest BCUT2D eigenvalue weighted by molar-refractivity contribution is 0.409. The lowest BCUT2D eigenvalue weighted by Gasteiger charge is -2.11. The largest absolute Gasteiger partial charge is 0.424 e. The van der Waals surface area contributed by atoms with E-state index < -0.39 is 0 Å². The second-order valence-electron chi connectivity index (χ2n) is 5.20. The van der Waals surface area contributed by atoms with E-state index in [1.54, 1.807) is 0 Å². The Kier molecular flexibility index (Phi) is 4.39. The first-order chi connectivity index (χ1) is 9.52. The Balaban J connectivity index is 2.21. The van der Waals surface area contributed by atoms with Crippen molar-refractivity contribution in [2.24, 2.45) is 5.73 Å². The minimum atomic E-state index is -0.164. The van der Waals surface area contributed by atoms with Crippen LogP contribution in [0, 0.1) is 0 Å². The van der Waals surface area contributed by atoms with E-state index in [1.807, 2.05) is 30.5 Å². The number of aromatic nitrogens is 3. The molecule has 0 aliphatic rings. The van der Waals surface area contributed by atoms with Crippen molar-refractivity contribution >= 4 is 0 Å². The zero-order valence-corrected chi connectivity index (χ0v) is 12.5. The summed E-state index contributed by atoms with van der Waals surface area (Å²) in [4.78, 5) is 0. The number of hydrogen-bond acceptors (Lipinski definition) is 4. The predicted molar refractivity (Wildman–Crippen MR) is 78.9 cm³/mol. The molecule has 0 aliphatic carbocycles. The summed E-state index contributed by atoms with van der Waals surface area (Å²) < 4.78 is 7.69. The van der Waals surface area contributed by atoms with Crippen molar-refractivity contribution in [3.63, 3.8) is 0 Å². The molecule has 1 aromatic carbocycles. The van der Waals surface area contributed by atoms with E-state index in [9.17, 15) is 0 Å². The summed E-state index contributed by atoms with van der Waals surface area (Å²) in [5.74, 6) is 2.00. The molecule has 2 rings (SSSR count). The molecule has 5 heteroatoms. The van der Waals surface area contributed by atoms with Crippen molar-refractivity contribution < 1.29 is 4.74 Å². The lowest BCUT2D eigenvalue weighted by Crippen LogP contribution is -2.13. The number of rotatable bonds is 5. The zero-order chi connectivity index (χ0) is 14.7. The Bertz CT molecular complexity index is 558. The number of ether oxygens (including phenoxy) is 1. The summed E-state index contributed by atoms with van der Waals surface area (Å²) in [6.45, 7) is 8.96. The Labute approximate surface area is 119 Å². The molecule has 0 saturated heterocycles.